The van der Waals surface area contributed by atoms with Gasteiger partial charge in [-0.3, -0.25) is 0 Å². The summed E-state index contributed by atoms with van der Waals surface area (Å²) in [5.41, 5.74) is 3.62. The molecule has 0 atom stereocenters. The zero-order chi connectivity index (χ0) is 13.8. The van der Waals surface area contributed by atoms with Gasteiger partial charge in [-0.25, -0.2) is 0 Å². The Morgan fingerprint density at radius 2 is 1.80 bits per heavy atom. The van der Waals surface area contributed by atoms with Crippen molar-refractivity contribution in [3.63, 3.8) is 0 Å². The summed E-state index contributed by atoms with van der Waals surface area (Å²) in [5.74, 6) is 0. The monoisotopic (exact) mass is 283 g/mol. The van der Waals surface area contributed by atoms with E-state index in [9.17, 15) is 0 Å². The molecule has 0 spiro atoms. The van der Waals surface area contributed by atoms with Crippen molar-refractivity contribution in [1.29, 1.82) is 0 Å². The Bertz CT molecular complexity index is 688. The quantitative estimate of drug-likeness (QED) is 0.740. The highest BCUT2D eigenvalue weighted by atomic mass is 32.1. The molecule has 0 saturated carbocycles. The van der Waals surface area contributed by atoms with Crippen molar-refractivity contribution < 1.29 is 5.11 Å². The lowest BCUT2D eigenvalue weighted by molar-refractivity contribution is 0.299. The topological polar surface area (TPSA) is 32.3 Å². The Morgan fingerprint density at radius 3 is 2.60 bits per heavy atom. The number of hydrogen-bond donors (Lipinski definition) is 2. The van der Waals surface area contributed by atoms with Gasteiger partial charge in [0.15, 0.2) is 0 Å². The van der Waals surface area contributed by atoms with Crippen molar-refractivity contribution in [1.82, 2.24) is 0 Å². The number of aliphatic hydroxyl groups excluding tert-OH is 1. The van der Waals surface area contributed by atoms with E-state index in [1.54, 1.807) is 11.3 Å². The molecule has 0 amide bonds. The molecule has 3 aromatic rings. The van der Waals surface area contributed by atoms with Crippen LogP contribution in [0.3, 0.4) is 0 Å². The fraction of sp³-hybridized carbons (Fsp3) is 0.176. The van der Waals surface area contributed by atoms with Crippen LogP contribution in [0.4, 0.5) is 5.69 Å². The second-order valence-corrected chi connectivity index (χ2v) is 5.69. The minimum absolute atomic E-state index is 0.202. The van der Waals surface area contributed by atoms with Crippen LogP contribution in [0.1, 0.15) is 11.1 Å². The standard InChI is InChI=1S/C17H17NOS/c19-10-9-13-5-7-15(8-6-13)18-11-14-12-20-17-4-2-1-3-16(14)17/h1-8,12,18-19H,9-11H2. The van der Waals surface area contributed by atoms with Crippen molar-refractivity contribution in [3.8, 4) is 0 Å². The third-order valence-corrected chi connectivity index (χ3v) is 4.41. The van der Waals surface area contributed by atoms with Crippen LogP contribution in [0.5, 0.6) is 0 Å². The molecule has 0 aliphatic heterocycles. The van der Waals surface area contributed by atoms with Crippen molar-refractivity contribution in [2.45, 2.75) is 13.0 Å². The molecule has 0 aliphatic carbocycles. The first-order valence-corrected chi connectivity index (χ1v) is 7.63. The molecule has 20 heavy (non-hydrogen) atoms. The molecule has 0 fully saturated rings. The molecule has 1 heterocycles. The molecular formula is C17H17NOS. The Hall–Kier alpha value is -1.84. The highest BCUT2D eigenvalue weighted by molar-refractivity contribution is 7.17. The van der Waals surface area contributed by atoms with Crippen molar-refractivity contribution in [3.05, 3.63) is 65.0 Å². The Morgan fingerprint density at radius 1 is 1.00 bits per heavy atom. The summed E-state index contributed by atoms with van der Waals surface area (Å²) in [6.07, 6.45) is 0.718. The van der Waals surface area contributed by atoms with Gasteiger partial charge in [0.25, 0.3) is 0 Å². The number of anilines is 1. The number of rotatable bonds is 5. The van der Waals surface area contributed by atoms with Gasteiger partial charge < -0.3 is 10.4 Å². The van der Waals surface area contributed by atoms with E-state index >= 15 is 0 Å². The summed E-state index contributed by atoms with van der Waals surface area (Å²) in [6.45, 7) is 1.04. The molecule has 3 heteroatoms. The predicted octanol–water partition coefficient (Wildman–Crippen LogP) is 4.05. The van der Waals surface area contributed by atoms with Crippen molar-refractivity contribution in [2.75, 3.05) is 11.9 Å². The molecule has 0 aliphatic rings. The summed E-state index contributed by atoms with van der Waals surface area (Å²) >= 11 is 1.79. The summed E-state index contributed by atoms with van der Waals surface area (Å²) in [6, 6.07) is 16.8. The Labute approximate surface area is 122 Å². The number of nitrogens with one attached hydrogen (secondary N) is 1. The maximum atomic E-state index is 8.90. The van der Waals surface area contributed by atoms with Gasteiger partial charge >= 0.3 is 0 Å². The first kappa shape index (κ1) is 13.2. The molecule has 0 bridgehead atoms. The van der Waals surface area contributed by atoms with Gasteiger partial charge in [0.05, 0.1) is 0 Å². The lowest BCUT2D eigenvalue weighted by Gasteiger charge is -2.07. The predicted molar refractivity (Wildman–Crippen MR) is 86.4 cm³/mol. The molecule has 3 rings (SSSR count). The lowest BCUT2D eigenvalue weighted by atomic mass is 10.1. The number of aliphatic hydroxyl groups is 1. The Kier molecular flexibility index (Phi) is 4.00. The van der Waals surface area contributed by atoms with Crippen molar-refractivity contribution >= 4 is 27.1 Å². The molecule has 2 N–H and O–H groups in total. The molecule has 0 unspecified atom stereocenters. The highest BCUT2D eigenvalue weighted by Crippen LogP contribution is 2.26. The van der Waals surface area contributed by atoms with Crippen LogP contribution in [0.25, 0.3) is 10.1 Å². The molecular weight excluding hydrogens is 266 g/mol. The first-order valence-electron chi connectivity index (χ1n) is 6.75. The fourth-order valence-electron chi connectivity index (χ4n) is 2.29. The number of hydrogen-bond acceptors (Lipinski definition) is 3. The van der Waals surface area contributed by atoms with E-state index in [2.05, 4.69) is 59.2 Å². The van der Waals surface area contributed by atoms with Crippen LogP contribution in [-0.2, 0) is 13.0 Å². The van der Waals surface area contributed by atoms with E-state index in [4.69, 9.17) is 5.11 Å². The molecule has 0 radical (unpaired) electrons. The van der Waals surface area contributed by atoms with Crippen LogP contribution in [-0.4, -0.2) is 11.7 Å². The number of benzene rings is 2. The largest absolute Gasteiger partial charge is 0.396 e. The second-order valence-electron chi connectivity index (χ2n) is 4.78. The van der Waals surface area contributed by atoms with Gasteiger partial charge in [-0.05, 0) is 46.5 Å². The summed E-state index contributed by atoms with van der Waals surface area (Å²) < 4.78 is 1.34. The van der Waals surface area contributed by atoms with Gasteiger partial charge in [0.2, 0.25) is 0 Å². The van der Waals surface area contributed by atoms with Gasteiger partial charge in [-0.2, -0.15) is 0 Å². The molecule has 2 nitrogen and oxygen atoms in total. The average Bonchev–Trinajstić information content (AvgIpc) is 2.90. The van der Waals surface area contributed by atoms with Gasteiger partial charge in [0.1, 0.15) is 0 Å². The zero-order valence-corrected chi connectivity index (χ0v) is 12.0. The average molecular weight is 283 g/mol. The van der Waals surface area contributed by atoms with Crippen LogP contribution in [0, 0.1) is 0 Å². The smallest absolute Gasteiger partial charge is 0.0471 e. The second kappa shape index (κ2) is 6.07. The number of thiophene rings is 1. The molecule has 0 saturated heterocycles. The Balaban J connectivity index is 1.69. The van der Waals surface area contributed by atoms with E-state index in [0.717, 1.165) is 18.7 Å². The minimum atomic E-state index is 0.202. The van der Waals surface area contributed by atoms with E-state index in [0.29, 0.717) is 0 Å². The summed E-state index contributed by atoms with van der Waals surface area (Å²) in [4.78, 5) is 0. The van der Waals surface area contributed by atoms with Gasteiger partial charge in [-0.15, -0.1) is 11.3 Å². The first-order chi connectivity index (χ1) is 9.86. The maximum absolute atomic E-state index is 8.90. The van der Waals surface area contributed by atoms with Gasteiger partial charge in [-0.1, -0.05) is 30.3 Å². The van der Waals surface area contributed by atoms with Crippen LogP contribution < -0.4 is 5.32 Å². The highest BCUT2D eigenvalue weighted by Gasteiger charge is 2.03. The number of fused-ring (bicyclic) bond motifs is 1. The summed E-state index contributed by atoms with van der Waals surface area (Å²) in [7, 11) is 0. The van der Waals surface area contributed by atoms with Crippen LogP contribution in [0.15, 0.2) is 53.9 Å². The fourth-order valence-corrected chi connectivity index (χ4v) is 3.25. The molecule has 102 valence electrons. The SMILES string of the molecule is OCCc1ccc(NCc2csc3ccccc23)cc1. The van der Waals surface area contributed by atoms with Crippen LogP contribution in [0.2, 0.25) is 0 Å². The minimum Gasteiger partial charge on any atom is -0.396 e. The lowest BCUT2D eigenvalue weighted by Crippen LogP contribution is -1.99. The van der Waals surface area contributed by atoms with E-state index in [1.165, 1.54) is 21.2 Å². The molecule has 1 aromatic heterocycles. The molecule has 2 aromatic carbocycles. The van der Waals surface area contributed by atoms with Crippen molar-refractivity contribution in [2.24, 2.45) is 0 Å². The van der Waals surface area contributed by atoms with E-state index in [1.807, 2.05) is 0 Å². The summed E-state index contributed by atoms with van der Waals surface area (Å²) in [5, 5.41) is 15.9. The maximum Gasteiger partial charge on any atom is 0.0471 e. The normalized spacial score (nSPS) is 10.8. The third kappa shape index (κ3) is 2.84. The van der Waals surface area contributed by atoms with Crippen LogP contribution >= 0.6 is 11.3 Å². The zero-order valence-electron chi connectivity index (χ0n) is 11.2. The third-order valence-electron chi connectivity index (χ3n) is 3.40. The van der Waals surface area contributed by atoms with Gasteiger partial charge in [0, 0.05) is 23.5 Å². The van der Waals surface area contributed by atoms with E-state index in [-0.39, 0.29) is 6.61 Å². The van der Waals surface area contributed by atoms with E-state index < -0.39 is 0 Å².